The molecular weight excluding hydrogens is 915 g/mol. The first-order valence-electron chi connectivity index (χ1n) is 24.2. The Labute approximate surface area is 414 Å². The number of benzene rings is 10. The summed E-state index contributed by atoms with van der Waals surface area (Å²) in [5, 5.41) is 13.0. The quantitative estimate of drug-likeness (QED) is 0.165. The van der Waals surface area contributed by atoms with E-state index in [-0.39, 0.29) is 10.8 Å². The van der Waals surface area contributed by atoms with Crippen LogP contribution in [0.3, 0.4) is 0 Å². The van der Waals surface area contributed by atoms with Gasteiger partial charge in [0, 0.05) is 38.1 Å². The Hall–Kier alpha value is -7.36. The molecule has 0 unspecified atom stereocenters. The van der Waals surface area contributed by atoms with E-state index < -0.39 is 21.9 Å². The summed E-state index contributed by atoms with van der Waals surface area (Å²) >= 11 is 0. The van der Waals surface area contributed by atoms with E-state index in [1.807, 2.05) is 24.3 Å². The molecule has 0 aliphatic heterocycles. The zero-order chi connectivity index (χ0) is 48.8. The number of rotatable bonds is 6. The van der Waals surface area contributed by atoms with Crippen LogP contribution in [0.25, 0.3) is 87.0 Å². The van der Waals surface area contributed by atoms with E-state index in [9.17, 15) is 0 Å². The number of fused-ring (bicyclic) bond motifs is 14. The maximum Gasteiger partial charge on any atom is 0.453 e. The Morgan fingerprint density at radius 1 is 0.324 bits per heavy atom. The molecule has 10 aromatic carbocycles. The zero-order valence-corrected chi connectivity index (χ0v) is 43.0. The highest BCUT2D eigenvalue weighted by atomic mass is 31.1. The van der Waals surface area contributed by atoms with Gasteiger partial charge in [-0.15, -0.1) is 0 Å². The molecule has 0 atom stereocenters. The fourth-order valence-corrected chi connectivity index (χ4v) is 12.4. The van der Waals surface area contributed by atoms with Crippen molar-refractivity contribution in [3.05, 3.63) is 204 Å². The first-order chi connectivity index (χ1) is 34.2. The fourth-order valence-electron chi connectivity index (χ4n) is 10.3. The molecule has 2 heterocycles. The molecule has 0 spiro atoms. The monoisotopic (exact) mass is 968 g/mol. The van der Waals surface area contributed by atoms with Gasteiger partial charge in [-0.1, -0.05) is 201 Å². The van der Waals surface area contributed by atoms with E-state index in [1.165, 1.54) is 0 Å². The standard InChI is InChI=1S/C63H54O6P2/c1-61(2,3)49-37-43(29-35-51(49)64-70-66-53-31-25-39-17-9-13-21-45(39)57(53)58-46-22-14-10-18-40(46)26-32-54(58)67-70)63(7,8)44-30-36-52(50(38-44)62(4,5)6)65-71-68-55-33-27-41-19-11-15-23-47(41)59(55)60-48-24-16-12-20-42(48)28-34-56(60)69-71/h9-38H,1-8H3. The van der Waals surface area contributed by atoms with Gasteiger partial charge in [0.05, 0.1) is 0 Å². The first kappa shape index (κ1) is 44.8. The molecule has 0 aliphatic rings. The molecule has 0 N–H and O–H groups in total. The van der Waals surface area contributed by atoms with Gasteiger partial charge >= 0.3 is 16.5 Å². The third-order valence-corrected chi connectivity index (χ3v) is 16.2. The van der Waals surface area contributed by atoms with Crippen molar-refractivity contribution >= 4 is 103 Å². The molecule has 8 heteroatoms. The average Bonchev–Trinajstić information content (AvgIpc) is 3.63. The summed E-state index contributed by atoms with van der Waals surface area (Å²) in [6, 6.07) is 63.5. The maximum absolute atomic E-state index is 6.93. The lowest BCUT2D eigenvalue weighted by atomic mass is 9.73. The summed E-state index contributed by atoms with van der Waals surface area (Å²) in [6.07, 6.45) is 0. The second-order valence-electron chi connectivity index (χ2n) is 21.2. The first-order valence-corrected chi connectivity index (χ1v) is 26.4. The van der Waals surface area contributed by atoms with Gasteiger partial charge in [0.1, 0.15) is 33.8 Å². The molecule has 352 valence electrons. The SMILES string of the molecule is CC(C)(C)c1cc(C(C)(C)c2ccc(Op3oc4ccc5ccccc5c4c4c(ccc5ccccc54)o3)c(C(C)(C)C)c2)ccc1Op1oc2ccc3ccccc3c2c2c(ccc3ccccc32)o1. The lowest BCUT2D eigenvalue weighted by Crippen LogP contribution is -2.22. The Morgan fingerprint density at radius 3 is 0.887 bits per heavy atom. The van der Waals surface area contributed by atoms with Crippen molar-refractivity contribution in [1.29, 1.82) is 0 Å². The summed E-state index contributed by atoms with van der Waals surface area (Å²) in [5.41, 5.74) is 6.37. The minimum Gasteiger partial charge on any atom is -0.390 e. The van der Waals surface area contributed by atoms with Crippen LogP contribution in [0.4, 0.5) is 0 Å². The van der Waals surface area contributed by atoms with E-state index in [4.69, 9.17) is 25.8 Å². The summed E-state index contributed by atoms with van der Waals surface area (Å²) in [5.74, 6) is 1.45. The molecule has 0 radical (unpaired) electrons. The molecule has 0 fully saturated rings. The Kier molecular flexibility index (Phi) is 10.7. The van der Waals surface area contributed by atoms with Crippen LogP contribution in [-0.2, 0) is 16.2 Å². The molecule has 12 rings (SSSR count). The van der Waals surface area contributed by atoms with Crippen molar-refractivity contribution in [3.63, 3.8) is 0 Å². The van der Waals surface area contributed by atoms with Gasteiger partial charge in [0.15, 0.2) is 0 Å². The van der Waals surface area contributed by atoms with Crippen LogP contribution in [0.5, 0.6) is 11.5 Å². The smallest absolute Gasteiger partial charge is 0.390 e. The van der Waals surface area contributed by atoms with E-state index in [1.54, 1.807) is 0 Å². The zero-order valence-electron chi connectivity index (χ0n) is 41.2. The molecular formula is C63H54O6P2. The lowest BCUT2D eigenvalue weighted by Gasteiger charge is -2.31. The van der Waals surface area contributed by atoms with Crippen molar-refractivity contribution in [2.24, 2.45) is 0 Å². The van der Waals surface area contributed by atoms with Crippen LogP contribution in [-0.4, -0.2) is 0 Å². The molecule has 6 nitrogen and oxygen atoms in total. The normalized spacial score (nSPS) is 12.5. The van der Waals surface area contributed by atoms with Gasteiger partial charge in [-0.2, -0.15) is 0 Å². The van der Waals surface area contributed by atoms with Crippen molar-refractivity contribution < 1.29 is 25.8 Å². The van der Waals surface area contributed by atoms with Gasteiger partial charge < -0.3 is 25.8 Å². The van der Waals surface area contributed by atoms with Crippen LogP contribution in [0.2, 0.25) is 0 Å². The Morgan fingerprint density at radius 2 is 0.606 bits per heavy atom. The van der Waals surface area contributed by atoms with E-state index in [2.05, 4.69) is 213 Å². The fraction of sp³-hybridized carbons (Fsp3) is 0.175. The predicted octanol–water partition coefficient (Wildman–Crippen LogP) is 20.1. The van der Waals surface area contributed by atoms with Gasteiger partial charge in [0.25, 0.3) is 0 Å². The maximum atomic E-state index is 6.93. The molecule has 71 heavy (non-hydrogen) atoms. The lowest BCUT2D eigenvalue weighted by molar-refractivity contribution is 0.476. The molecule has 0 aliphatic carbocycles. The van der Waals surface area contributed by atoms with Gasteiger partial charge in [-0.25, -0.2) is 0 Å². The van der Waals surface area contributed by atoms with Crippen molar-refractivity contribution in [2.75, 3.05) is 0 Å². The molecule has 0 bridgehead atoms. The van der Waals surface area contributed by atoms with Crippen LogP contribution in [0.1, 0.15) is 77.6 Å². The number of hydrogen-bond acceptors (Lipinski definition) is 6. The molecule has 0 saturated carbocycles. The van der Waals surface area contributed by atoms with Crippen LogP contribution in [0, 0.1) is 0 Å². The third-order valence-electron chi connectivity index (χ3n) is 14.1. The molecule has 0 amide bonds. The highest BCUT2D eigenvalue weighted by Gasteiger charge is 2.31. The largest absolute Gasteiger partial charge is 0.453 e. The van der Waals surface area contributed by atoms with Gasteiger partial charge in [0.2, 0.25) is 0 Å². The second kappa shape index (κ2) is 16.9. The summed E-state index contributed by atoms with van der Waals surface area (Å²) in [7, 11) is -3.82. The van der Waals surface area contributed by atoms with Crippen molar-refractivity contribution in [2.45, 2.75) is 71.6 Å². The Balaban J connectivity index is 0.945. The molecule has 0 saturated heterocycles. The van der Waals surface area contributed by atoms with E-state index >= 15 is 0 Å². The van der Waals surface area contributed by atoms with Crippen molar-refractivity contribution in [1.82, 2.24) is 0 Å². The van der Waals surface area contributed by atoms with Crippen LogP contribution in [0.15, 0.2) is 199 Å². The summed E-state index contributed by atoms with van der Waals surface area (Å²) in [4.78, 5) is 0. The Bertz CT molecular complexity index is 3720. The average molecular weight is 969 g/mol. The summed E-state index contributed by atoms with van der Waals surface area (Å²) in [6.45, 7) is 17.9. The van der Waals surface area contributed by atoms with Crippen LogP contribution >= 0.6 is 16.5 Å². The van der Waals surface area contributed by atoms with E-state index in [0.29, 0.717) is 0 Å². The predicted molar refractivity (Wildman–Crippen MR) is 297 cm³/mol. The highest BCUT2D eigenvalue weighted by molar-refractivity contribution is 7.32. The van der Waals surface area contributed by atoms with Crippen molar-refractivity contribution in [3.8, 4) is 11.5 Å². The minimum atomic E-state index is -1.91. The van der Waals surface area contributed by atoms with Gasteiger partial charge in [-0.3, -0.25) is 0 Å². The van der Waals surface area contributed by atoms with E-state index in [0.717, 1.165) is 121 Å². The molecule has 12 aromatic rings. The molecule has 2 aromatic heterocycles. The summed E-state index contributed by atoms with van der Waals surface area (Å²) < 4.78 is 41.1. The second-order valence-corrected chi connectivity index (χ2v) is 23.2. The number of hydrogen-bond donors (Lipinski definition) is 0. The third kappa shape index (κ3) is 7.91. The van der Waals surface area contributed by atoms with Gasteiger partial charge in [-0.05, 0) is 101 Å². The highest BCUT2D eigenvalue weighted by Crippen LogP contribution is 2.48. The van der Waals surface area contributed by atoms with Crippen LogP contribution < -0.4 is 9.05 Å². The minimum absolute atomic E-state index is 0.282. The topological polar surface area (TPSA) is 71.0 Å².